The Morgan fingerprint density at radius 2 is 1.96 bits per heavy atom. The molecule has 2 heterocycles. The summed E-state index contributed by atoms with van der Waals surface area (Å²) in [6.07, 6.45) is 4.02. The van der Waals surface area contributed by atoms with Crippen molar-refractivity contribution in [2.24, 2.45) is 5.92 Å². The second-order valence-electron chi connectivity index (χ2n) is 6.94. The minimum Gasteiger partial charge on any atom is -0.497 e. The molecule has 1 saturated heterocycles. The third-order valence-electron chi connectivity index (χ3n) is 5.04. The summed E-state index contributed by atoms with van der Waals surface area (Å²) >= 11 is 0. The summed E-state index contributed by atoms with van der Waals surface area (Å²) in [4.78, 5) is 19.2. The van der Waals surface area contributed by atoms with E-state index in [4.69, 9.17) is 9.47 Å². The van der Waals surface area contributed by atoms with Gasteiger partial charge in [0.2, 0.25) is 0 Å². The van der Waals surface area contributed by atoms with Gasteiger partial charge in [-0.2, -0.15) is 0 Å². The minimum atomic E-state index is -0.161. The predicted octanol–water partition coefficient (Wildman–Crippen LogP) is 3.27. The van der Waals surface area contributed by atoms with E-state index in [0.717, 1.165) is 36.1 Å². The number of nitrogens with one attached hydrogen (secondary N) is 1. The lowest BCUT2D eigenvalue weighted by Gasteiger charge is -2.31. The molecule has 6 heteroatoms. The third kappa shape index (κ3) is 4.70. The van der Waals surface area contributed by atoms with E-state index in [1.165, 1.54) is 12.8 Å². The van der Waals surface area contributed by atoms with Gasteiger partial charge in [-0.3, -0.25) is 4.79 Å². The van der Waals surface area contributed by atoms with Crippen LogP contribution in [-0.4, -0.2) is 38.2 Å². The van der Waals surface area contributed by atoms with E-state index in [0.29, 0.717) is 17.9 Å². The van der Waals surface area contributed by atoms with E-state index in [2.05, 4.69) is 22.1 Å². The highest BCUT2D eigenvalue weighted by molar-refractivity contribution is 5.94. The molecule has 3 rings (SSSR count). The molecule has 6 nitrogen and oxygen atoms in total. The van der Waals surface area contributed by atoms with Crippen molar-refractivity contribution < 1.29 is 14.3 Å². The lowest BCUT2D eigenvalue weighted by Crippen LogP contribution is -2.33. The molecule has 0 saturated carbocycles. The molecule has 1 aliphatic rings. The molecule has 0 aliphatic carbocycles. The first-order chi connectivity index (χ1) is 13.1. The summed E-state index contributed by atoms with van der Waals surface area (Å²) in [5, 5.41) is 2.92. The average molecular weight is 369 g/mol. The van der Waals surface area contributed by atoms with Crippen LogP contribution in [0, 0.1) is 5.92 Å². The fourth-order valence-electron chi connectivity index (χ4n) is 3.24. The molecule has 0 bridgehead atoms. The molecule has 2 aromatic rings. The Balaban J connectivity index is 1.61. The largest absolute Gasteiger partial charge is 0.497 e. The third-order valence-corrected chi connectivity index (χ3v) is 5.04. The van der Waals surface area contributed by atoms with Crippen molar-refractivity contribution in [1.82, 2.24) is 10.3 Å². The highest BCUT2D eigenvalue weighted by Crippen LogP contribution is 2.24. The van der Waals surface area contributed by atoms with Gasteiger partial charge in [0.05, 0.1) is 19.8 Å². The number of methoxy groups -OCH3 is 2. The first-order valence-corrected chi connectivity index (χ1v) is 9.31. The maximum absolute atomic E-state index is 12.5. The van der Waals surface area contributed by atoms with E-state index in [1.807, 2.05) is 30.3 Å². The second kappa shape index (κ2) is 8.75. The summed E-state index contributed by atoms with van der Waals surface area (Å²) in [5.74, 6) is 2.99. The van der Waals surface area contributed by atoms with Crippen LogP contribution < -0.4 is 19.7 Å². The van der Waals surface area contributed by atoms with Crippen LogP contribution in [0.1, 0.15) is 35.7 Å². The maximum atomic E-state index is 12.5. The number of hydrogen-bond acceptors (Lipinski definition) is 5. The number of ether oxygens (including phenoxy) is 2. The fourth-order valence-corrected chi connectivity index (χ4v) is 3.24. The van der Waals surface area contributed by atoms with Crippen molar-refractivity contribution in [2.75, 3.05) is 32.2 Å². The number of rotatable bonds is 6. The Kier molecular flexibility index (Phi) is 6.16. The lowest BCUT2D eigenvalue weighted by atomic mass is 9.99. The number of amides is 1. The zero-order valence-corrected chi connectivity index (χ0v) is 16.2. The van der Waals surface area contributed by atoms with Gasteiger partial charge in [0.15, 0.2) is 0 Å². The second-order valence-corrected chi connectivity index (χ2v) is 6.94. The molecule has 1 N–H and O–H groups in total. The van der Waals surface area contributed by atoms with Gasteiger partial charge in [-0.25, -0.2) is 4.98 Å². The van der Waals surface area contributed by atoms with Crippen molar-refractivity contribution >= 4 is 11.7 Å². The Labute approximate surface area is 160 Å². The lowest BCUT2D eigenvalue weighted by molar-refractivity contribution is 0.0950. The van der Waals surface area contributed by atoms with E-state index in [9.17, 15) is 4.79 Å². The van der Waals surface area contributed by atoms with Crippen molar-refractivity contribution in [3.05, 3.63) is 47.7 Å². The van der Waals surface area contributed by atoms with Gasteiger partial charge in [-0.05, 0) is 49.1 Å². The zero-order valence-electron chi connectivity index (χ0n) is 16.2. The summed E-state index contributed by atoms with van der Waals surface area (Å²) in [6, 6.07) is 9.28. The van der Waals surface area contributed by atoms with Gasteiger partial charge < -0.3 is 19.7 Å². The summed E-state index contributed by atoms with van der Waals surface area (Å²) in [6.45, 7) is 4.69. The number of pyridine rings is 1. The first kappa shape index (κ1) is 19.0. The maximum Gasteiger partial charge on any atom is 0.253 e. The molecule has 0 unspecified atom stereocenters. The van der Waals surface area contributed by atoms with Gasteiger partial charge in [-0.1, -0.05) is 6.92 Å². The van der Waals surface area contributed by atoms with Crippen LogP contribution in [0.25, 0.3) is 0 Å². The highest BCUT2D eigenvalue weighted by atomic mass is 16.5. The van der Waals surface area contributed by atoms with Crippen molar-refractivity contribution in [3.63, 3.8) is 0 Å². The number of piperidine rings is 1. The number of carbonyl (C=O) groups excluding carboxylic acids is 1. The molecule has 1 amide bonds. The molecule has 1 fully saturated rings. The SMILES string of the molecule is COc1ccc(OC)c(CNC(=O)c2ccc(N3CCC(C)CC3)nc2)c1. The first-order valence-electron chi connectivity index (χ1n) is 9.31. The molecule has 0 spiro atoms. The smallest absolute Gasteiger partial charge is 0.253 e. The summed E-state index contributed by atoms with van der Waals surface area (Å²) in [5.41, 5.74) is 1.41. The number of nitrogens with zero attached hydrogens (tertiary/aromatic N) is 2. The quantitative estimate of drug-likeness (QED) is 0.847. The van der Waals surface area contributed by atoms with Crippen LogP contribution >= 0.6 is 0 Å². The van der Waals surface area contributed by atoms with Gasteiger partial charge in [0.25, 0.3) is 5.91 Å². The topological polar surface area (TPSA) is 63.7 Å². The molecule has 1 aromatic heterocycles. The molecule has 1 aliphatic heterocycles. The Bertz CT molecular complexity index is 769. The van der Waals surface area contributed by atoms with E-state index in [1.54, 1.807) is 20.4 Å². The number of hydrogen-bond donors (Lipinski definition) is 1. The van der Waals surface area contributed by atoms with Crippen LogP contribution in [0.3, 0.4) is 0 Å². The molecular weight excluding hydrogens is 342 g/mol. The zero-order chi connectivity index (χ0) is 19.2. The number of aromatic nitrogens is 1. The molecule has 144 valence electrons. The Morgan fingerprint density at radius 3 is 2.59 bits per heavy atom. The van der Waals surface area contributed by atoms with Gasteiger partial charge >= 0.3 is 0 Å². The van der Waals surface area contributed by atoms with Crippen LogP contribution in [0.4, 0.5) is 5.82 Å². The van der Waals surface area contributed by atoms with Crippen LogP contribution in [-0.2, 0) is 6.54 Å². The van der Waals surface area contributed by atoms with Crippen LogP contribution in [0.5, 0.6) is 11.5 Å². The minimum absolute atomic E-state index is 0.161. The van der Waals surface area contributed by atoms with E-state index >= 15 is 0 Å². The molecule has 0 atom stereocenters. The normalized spacial score (nSPS) is 14.7. The monoisotopic (exact) mass is 369 g/mol. The van der Waals surface area contributed by atoms with Crippen LogP contribution in [0.2, 0.25) is 0 Å². The average Bonchev–Trinajstić information content (AvgIpc) is 2.72. The fraction of sp³-hybridized carbons (Fsp3) is 0.429. The molecular formula is C21H27N3O3. The molecule has 27 heavy (non-hydrogen) atoms. The van der Waals surface area contributed by atoms with Crippen molar-refractivity contribution in [2.45, 2.75) is 26.3 Å². The van der Waals surface area contributed by atoms with Crippen molar-refractivity contribution in [3.8, 4) is 11.5 Å². The van der Waals surface area contributed by atoms with Gasteiger partial charge in [0, 0.05) is 31.4 Å². The van der Waals surface area contributed by atoms with Gasteiger partial charge in [0.1, 0.15) is 17.3 Å². The highest BCUT2D eigenvalue weighted by Gasteiger charge is 2.17. The number of benzene rings is 1. The Morgan fingerprint density at radius 1 is 1.19 bits per heavy atom. The molecule has 1 aromatic carbocycles. The standard InChI is InChI=1S/C21H27N3O3/c1-15-8-10-24(11-9-15)20-7-4-16(13-22-20)21(25)23-14-17-12-18(26-2)5-6-19(17)27-3/h4-7,12-13,15H,8-11,14H2,1-3H3,(H,23,25). The predicted molar refractivity (Wildman–Crippen MR) is 106 cm³/mol. The Hall–Kier alpha value is -2.76. The van der Waals surface area contributed by atoms with Crippen molar-refractivity contribution in [1.29, 1.82) is 0 Å². The number of anilines is 1. The van der Waals surface area contributed by atoms with E-state index in [-0.39, 0.29) is 5.91 Å². The number of carbonyl (C=O) groups is 1. The van der Waals surface area contributed by atoms with E-state index < -0.39 is 0 Å². The van der Waals surface area contributed by atoms with Crippen LogP contribution in [0.15, 0.2) is 36.5 Å². The van der Waals surface area contributed by atoms with Gasteiger partial charge in [-0.15, -0.1) is 0 Å². The summed E-state index contributed by atoms with van der Waals surface area (Å²) in [7, 11) is 3.22. The molecule has 0 radical (unpaired) electrons. The summed E-state index contributed by atoms with van der Waals surface area (Å²) < 4.78 is 10.6.